The molecule has 3 rings (SSSR count). The van der Waals surface area contributed by atoms with E-state index in [1.54, 1.807) is 11.3 Å². The van der Waals surface area contributed by atoms with Crippen LogP contribution in [0.3, 0.4) is 0 Å². The lowest BCUT2D eigenvalue weighted by atomic mass is 10.2. The number of amides is 1. The minimum atomic E-state index is 0.161. The fraction of sp³-hybridized carbons (Fsp3) is 0.444. The summed E-state index contributed by atoms with van der Waals surface area (Å²) in [5.74, 6) is 0.966. The van der Waals surface area contributed by atoms with E-state index in [1.165, 1.54) is 4.88 Å². The van der Waals surface area contributed by atoms with Gasteiger partial charge in [-0.25, -0.2) is 4.98 Å². The number of nitrogen functional groups attached to an aromatic ring is 1. The van der Waals surface area contributed by atoms with E-state index in [0.29, 0.717) is 18.2 Å². The highest BCUT2D eigenvalue weighted by atomic mass is 32.1. The summed E-state index contributed by atoms with van der Waals surface area (Å²) >= 11 is 1.55. The second kappa shape index (κ2) is 8.31. The van der Waals surface area contributed by atoms with Gasteiger partial charge in [0.25, 0.3) is 0 Å². The van der Waals surface area contributed by atoms with Gasteiger partial charge in [0.05, 0.1) is 18.7 Å². The van der Waals surface area contributed by atoms with Crippen LogP contribution in [0, 0.1) is 6.92 Å². The molecule has 2 N–H and O–H groups in total. The van der Waals surface area contributed by atoms with Crippen molar-refractivity contribution in [2.24, 2.45) is 0 Å². The fourth-order valence-corrected chi connectivity index (χ4v) is 3.76. The molecule has 1 amide bonds. The van der Waals surface area contributed by atoms with Crippen LogP contribution in [-0.4, -0.2) is 53.5 Å². The van der Waals surface area contributed by atoms with Crippen LogP contribution in [0.15, 0.2) is 30.3 Å². The molecule has 0 spiro atoms. The summed E-state index contributed by atoms with van der Waals surface area (Å²) in [6.07, 6.45) is 0.416. The van der Waals surface area contributed by atoms with Gasteiger partial charge >= 0.3 is 0 Å². The molecule has 0 unspecified atom stereocenters. The van der Waals surface area contributed by atoms with Crippen molar-refractivity contribution in [1.82, 2.24) is 14.8 Å². The SMILES string of the molecule is Cc1nc(N)sc1CN1CCN(C(=O)CCOc2ccccc2)CC1. The molecule has 25 heavy (non-hydrogen) atoms. The summed E-state index contributed by atoms with van der Waals surface area (Å²) in [6.45, 7) is 6.55. The predicted octanol–water partition coefficient (Wildman–Crippen LogP) is 2.15. The van der Waals surface area contributed by atoms with E-state index in [2.05, 4.69) is 9.88 Å². The van der Waals surface area contributed by atoms with Gasteiger partial charge in [0, 0.05) is 37.6 Å². The Morgan fingerprint density at radius 1 is 1.24 bits per heavy atom. The van der Waals surface area contributed by atoms with Crippen molar-refractivity contribution in [2.75, 3.05) is 38.5 Å². The summed E-state index contributed by atoms with van der Waals surface area (Å²) in [4.78, 5) is 22.1. The molecule has 1 aliphatic rings. The number of carbonyl (C=O) groups is 1. The lowest BCUT2D eigenvalue weighted by molar-refractivity contribution is -0.133. The Labute approximate surface area is 152 Å². The third-order valence-electron chi connectivity index (χ3n) is 4.33. The number of rotatable bonds is 6. The number of nitrogens with zero attached hydrogens (tertiary/aromatic N) is 3. The van der Waals surface area contributed by atoms with E-state index in [1.807, 2.05) is 42.2 Å². The molecule has 0 atom stereocenters. The van der Waals surface area contributed by atoms with Crippen molar-refractivity contribution in [2.45, 2.75) is 19.9 Å². The zero-order valence-electron chi connectivity index (χ0n) is 14.5. The minimum Gasteiger partial charge on any atom is -0.493 e. The highest BCUT2D eigenvalue weighted by molar-refractivity contribution is 7.15. The van der Waals surface area contributed by atoms with Crippen molar-refractivity contribution in [3.63, 3.8) is 0 Å². The Kier molecular flexibility index (Phi) is 5.88. The number of piperazine rings is 1. The molecular weight excluding hydrogens is 336 g/mol. The standard InChI is InChI=1S/C18H24N4O2S/c1-14-16(25-18(19)20-14)13-21-8-10-22(11-9-21)17(23)7-12-24-15-5-3-2-4-6-15/h2-6H,7-13H2,1H3,(H2,19,20). The number of nitrogens with two attached hydrogens (primary N) is 1. The molecule has 134 valence electrons. The number of hydrogen-bond acceptors (Lipinski definition) is 6. The predicted molar refractivity (Wildman–Crippen MR) is 99.7 cm³/mol. The molecule has 0 bridgehead atoms. The molecule has 7 heteroatoms. The Hall–Kier alpha value is -2.12. The van der Waals surface area contributed by atoms with E-state index < -0.39 is 0 Å². The summed E-state index contributed by atoms with van der Waals surface area (Å²) < 4.78 is 5.61. The first-order valence-electron chi connectivity index (χ1n) is 8.51. The van der Waals surface area contributed by atoms with Gasteiger partial charge in [-0.05, 0) is 19.1 Å². The Morgan fingerprint density at radius 2 is 1.96 bits per heavy atom. The van der Waals surface area contributed by atoms with Crippen LogP contribution in [0.1, 0.15) is 17.0 Å². The highest BCUT2D eigenvalue weighted by Crippen LogP contribution is 2.22. The smallest absolute Gasteiger partial charge is 0.226 e. The molecule has 0 aliphatic carbocycles. The maximum atomic E-state index is 12.3. The second-order valence-electron chi connectivity index (χ2n) is 6.13. The Morgan fingerprint density at radius 3 is 2.60 bits per heavy atom. The molecule has 6 nitrogen and oxygen atoms in total. The number of ether oxygens (including phenoxy) is 1. The number of aromatic nitrogens is 1. The molecular formula is C18H24N4O2S. The van der Waals surface area contributed by atoms with Crippen molar-refractivity contribution in [3.05, 3.63) is 40.9 Å². The normalized spacial score (nSPS) is 15.3. The molecule has 1 aromatic carbocycles. The summed E-state index contributed by atoms with van der Waals surface area (Å²) in [6, 6.07) is 9.60. The maximum Gasteiger partial charge on any atom is 0.226 e. The van der Waals surface area contributed by atoms with Gasteiger partial charge in [0.15, 0.2) is 5.13 Å². The number of benzene rings is 1. The van der Waals surface area contributed by atoms with E-state index >= 15 is 0 Å². The number of thiazole rings is 1. The summed E-state index contributed by atoms with van der Waals surface area (Å²) in [5.41, 5.74) is 6.77. The van der Waals surface area contributed by atoms with E-state index in [0.717, 1.165) is 44.2 Å². The quantitative estimate of drug-likeness (QED) is 0.855. The van der Waals surface area contributed by atoms with Crippen LogP contribution in [0.25, 0.3) is 0 Å². The zero-order valence-corrected chi connectivity index (χ0v) is 15.3. The van der Waals surface area contributed by atoms with Crippen molar-refractivity contribution in [3.8, 4) is 5.75 Å². The maximum absolute atomic E-state index is 12.3. The average molecular weight is 360 g/mol. The van der Waals surface area contributed by atoms with Gasteiger partial charge in [-0.3, -0.25) is 9.69 Å². The van der Waals surface area contributed by atoms with Gasteiger partial charge in [0.2, 0.25) is 5.91 Å². The second-order valence-corrected chi connectivity index (χ2v) is 7.24. The van der Waals surface area contributed by atoms with Gasteiger partial charge in [0.1, 0.15) is 5.75 Å². The van der Waals surface area contributed by atoms with Gasteiger partial charge in [-0.2, -0.15) is 0 Å². The van der Waals surface area contributed by atoms with Crippen LogP contribution in [0.4, 0.5) is 5.13 Å². The largest absolute Gasteiger partial charge is 0.493 e. The number of hydrogen-bond donors (Lipinski definition) is 1. The molecule has 0 saturated carbocycles. The lowest BCUT2D eigenvalue weighted by Gasteiger charge is -2.34. The topological polar surface area (TPSA) is 71.7 Å². The molecule has 2 aromatic rings. The number of aryl methyl sites for hydroxylation is 1. The van der Waals surface area contributed by atoms with Crippen LogP contribution >= 0.6 is 11.3 Å². The fourth-order valence-electron chi connectivity index (χ4n) is 2.89. The van der Waals surface area contributed by atoms with Crippen molar-refractivity contribution in [1.29, 1.82) is 0 Å². The number of para-hydroxylation sites is 1. The third-order valence-corrected chi connectivity index (χ3v) is 5.30. The third kappa shape index (κ3) is 4.93. The van der Waals surface area contributed by atoms with E-state index in [4.69, 9.17) is 10.5 Å². The van der Waals surface area contributed by atoms with Crippen molar-refractivity contribution >= 4 is 22.4 Å². The Bertz CT molecular complexity index is 696. The number of anilines is 1. The minimum absolute atomic E-state index is 0.161. The van der Waals surface area contributed by atoms with Gasteiger partial charge in [-0.1, -0.05) is 18.2 Å². The van der Waals surface area contributed by atoms with Gasteiger partial charge < -0.3 is 15.4 Å². The average Bonchev–Trinajstić information content (AvgIpc) is 2.93. The zero-order chi connectivity index (χ0) is 17.6. The summed E-state index contributed by atoms with van der Waals surface area (Å²) in [7, 11) is 0. The first-order chi connectivity index (χ1) is 12.1. The van der Waals surface area contributed by atoms with Crippen LogP contribution < -0.4 is 10.5 Å². The van der Waals surface area contributed by atoms with Crippen LogP contribution in [0.5, 0.6) is 5.75 Å². The lowest BCUT2D eigenvalue weighted by Crippen LogP contribution is -2.48. The molecule has 1 aromatic heterocycles. The van der Waals surface area contributed by atoms with Crippen LogP contribution in [-0.2, 0) is 11.3 Å². The van der Waals surface area contributed by atoms with Gasteiger partial charge in [-0.15, -0.1) is 11.3 Å². The first-order valence-corrected chi connectivity index (χ1v) is 9.33. The summed E-state index contributed by atoms with van der Waals surface area (Å²) in [5, 5.41) is 0.625. The van der Waals surface area contributed by atoms with Crippen molar-refractivity contribution < 1.29 is 9.53 Å². The monoisotopic (exact) mass is 360 g/mol. The molecule has 1 fully saturated rings. The highest BCUT2D eigenvalue weighted by Gasteiger charge is 2.22. The molecule has 0 radical (unpaired) electrons. The Balaban J connectivity index is 1.39. The van der Waals surface area contributed by atoms with E-state index in [9.17, 15) is 4.79 Å². The molecule has 1 aliphatic heterocycles. The van der Waals surface area contributed by atoms with Crippen LogP contribution in [0.2, 0.25) is 0 Å². The first kappa shape index (κ1) is 17.7. The molecule has 1 saturated heterocycles. The number of carbonyl (C=O) groups excluding carboxylic acids is 1. The van der Waals surface area contributed by atoms with E-state index in [-0.39, 0.29) is 5.91 Å². The molecule has 2 heterocycles.